The summed E-state index contributed by atoms with van der Waals surface area (Å²) >= 11 is 0. The highest BCUT2D eigenvalue weighted by molar-refractivity contribution is 5.96. The van der Waals surface area contributed by atoms with E-state index in [-0.39, 0.29) is 35.3 Å². The number of nitrogens with zero attached hydrogens (tertiary/aromatic N) is 2. The molecule has 57 heavy (non-hydrogen) atoms. The Morgan fingerprint density at radius 3 is 2.28 bits per heavy atom. The number of carbonyl (C=O) groups is 1. The molecule has 12 atom stereocenters. The fraction of sp³-hybridized carbons (Fsp3) is 0.696. The van der Waals surface area contributed by atoms with Crippen LogP contribution in [0.3, 0.4) is 0 Å². The van der Waals surface area contributed by atoms with Crippen molar-refractivity contribution in [3.63, 3.8) is 0 Å². The number of allylic oxidation sites excluding steroid dienone is 7. The van der Waals surface area contributed by atoms with Gasteiger partial charge in [-0.15, -0.1) is 0 Å². The quantitative estimate of drug-likeness (QED) is 0.0421. The summed E-state index contributed by atoms with van der Waals surface area (Å²) in [7, 11) is 4.61. The maximum absolute atomic E-state index is 14.0. The highest BCUT2D eigenvalue weighted by Gasteiger charge is 2.39. The van der Waals surface area contributed by atoms with Crippen LogP contribution in [-0.2, 0) is 28.6 Å². The first-order valence-corrected chi connectivity index (χ1v) is 20.9. The number of carbonyl (C=O) groups excluding carboxylic acids is 1. The van der Waals surface area contributed by atoms with Gasteiger partial charge in [0.15, 0.2) is 0 Å². The summed E-state index contributed by atoms with van der Waals surface area (Å²) in [5.74, 6) is -2.44. The van der Waals surface area contributed by atoms with E-state index in [2.05, 4.69) is 23.9 Å². The summed E-state index contributed by atoms with van der Waals surface area (Å²) in [5, 5.41) is 37.9. The SMILES string of the molecule is CC=CC(O)C(C)C=CC(=NOCCN(CC)CC)C(C)C(OC)C(C)C1OC(=O)C(OC)=CC(C)=CC(C)C(O)C(CC)C(O)C(C)CC(C)=CC=CC1OC. The number of aliphatic hydroxyl groups is 3. The van der Waals surface area contributed by atoms with Crippen molar-refractivity contribution < 1.29 is 43.9 Å². The fourth-order valence-corrected chi connectivity index (χ4v) is 7.53. The molecule has 0 aliphatic carbocycles. The first-order chi connectivity index (χ1) is 27.0. The predicted octanol–water partition coefficient (Wildman–Crippen LogP) is 7.45. The highest BCUT2D eigenvalue weighted by atomic mass is 16.6. The number of rotatable bonds is 18. The average Bonchev–Trinajstić information content (AvgIpc) is 3.18. The second-order valence-electron chi connectivity index (χ2n) is 15.6. The van der Waals surface area contributed by atoms with Gasteiger partial charge in [0.05, 0.1) is 37.2 Å². The molecule has 11 heteroatoms. The van der Waals surface area contributed by atoms with Crippen molar-refractivity contribution in [1.82, 2.24) is 4.90 Å². The minimum Gasteiger partial charge on any atom is -0.490 e. The van der Waals surface area contributed by atoms with E-state index >= 15 is 0 Å². The Balaban J connectivity index is 3.82. The molecule has 0 aromatic rings. The molecule has 0 aromatic carbocycles. The molecule has 12 unspecified atom stereocenters. The molecule has 0 amide bonds. The topological polar surface area (TPSA) is 140 Å². The summed E-state index contributed by atoms with van der Waals surface area (Å²) in [6.07, 6.45) is 13.5. The van der Waals surface area contributed by atoms with Crippen LogP contribution in [0.15, 0.2) is 76.7 Å². The molecule has 0 aromatic heterocycles. The smallest absolute Gasteiger partial charge is 0.373 e. The molecule has 3 N–H and O–H groups in total. The molecule has 0 radical (unpaired) electrons. The second kappa shape index (κ2) is 27.6. The van der Waals surface area contributed by atoms with Crippen molar-refractivity contribution in [2.75, 3.05) is 47.6 Å². The van der Waals surface area contributed by atoms with Gasteiger partial charge in [-0.05, 0) is 64.8 Å². The summed E-state index contributed by atoms with van der Waals surface area (Å²) < 4.78 is 24.1. The Bertz CT molecular complexity index is 1380. The van der Waals surface area contributed by atoms with Gasteiger partial charge in [0.1, 0.15) is 18.8 Å². The van der Waals surface area contributed by atoms with Crippen molar-refractivity contribution in [3.05, 3.63) is 71.6 Å². The van der Waals surface area contributed by atoms with Crippen LogP contribution in [0.2, 0.25) is 0 Å². The number of methoxy groups -OCH3 is 3. The Hall–Kier alpha value is -3.06. The minimum absolute atomic E-state index is 0.0125. The highest BCUT2D eigenvalue weighted by Crippen LogP contribution is 2.31. The van der Waals surface area contributed by atoms with Gasteiger partial charge in [0.2, 0.25) is 5.76 Å². The van der Waals surface area contributed by atoms with Crippen molar-refractivity contribution in [1.29, 1.82) is 0 Å². The van der Waals surface area contributed by atoms with Crippen LogP contribution >= 0.6 is 0 Å². The van der Waals surface area contributed by atoms with E-state index in [0.717, 1.165) is 25.2 Å². The van der Waals surface area contributed by atoms with Gasteiger partial charge in [-0.25, -0.2) is 4.79 Å². The van der Waals surface area contributed by atoms with Gasteiger partial charge in [-0.3, -0.25) is 0 Å². The number of oxime groups is 1. The molecular formula is C46H78N2O9. The van der Waals surface area contributed by atoms with Gasteiger partial charge in [-0.2, -0.15) is 0 Å². The molecule has 1 rings (SSSR count). The number of cyclic esters (lactones) is 1. The third kappa shape index (κ3) is 17.0. The van der Waals surface area contributed by atoms with Crippen LogP contribution in [0.25, 0.3) is 0 Å². The van der Waals surface area contributed by atoms with E-state index in [9.17, 15) is 20.1 Å². The molecule has 0 saturated carbocycles. The Kier molecular flexibility index (Phi) is 25.2. The van der Waals surface area contributed by atoms with Crippen molar-refractivity contribution in [2.45, 2.75) is 126 Å². The fourth-order valence-electron chi connectivity index (χ4n) is 7.53. The molecule has 1 aliphatic rings. The summed E-state index contributed by atoms with van der Waals surface area (Å²) in [4.78, 5) is 22.1. The molecule has 1 heterocycles. The lowest BCUT2D eigenvalue weighted by atomic mass is 9.79. The van der Waals surface area contributed by atoms with Crippen LogP contribution in [-0.4, -0.2) is 116 Å². The Morgan fingerprint density at radius 1 is 1.05 bits per heavy atom. The number of hydrogen-bond donors (Lipinski definition) is 3. The Labute approximate surface area is 345 Å². The monoisotopic (exact) mass is 803 g/mol. The largest absolute Gasteiger partial charge is 0.490 e. The van der Waals surface area contributed by atoms with E-state index in [1.54, 1.807) is 26.4 Å². The van der Waals surface area contributed by atoms with Crippen LogP contribution in [0.5, 0.6) is 0 Å². The number of aliphatic hydroxyl groups excluding tert-OH is 3. The summed E-state index contributed by atoms with van der Waals surface area (Å²) in [6, 6.07) is 0. The van der Waals surface area contributed by atoms with Crippen molar-refractivity contribution in [3.8, 4) is 0 Å². The average molecular weight is 803 g/mol. The minimum atomic E-state index is -0.849. The lowest BCUT2D eigenvalue weighted by Gasteiger charge is -2.36. The van der Waals surface area contributed by atoms with Crippen LogP contribution in [0.1, 0.15) is 89.0 Å². The third-order valence-corrected chi connectivity index (χ3v) is 11.3. The van der Waals surface area contributed by atoms with E-state index in [1.807, 2.05) is 105 Å². The molecule has 0 saturated heterocycles. The molecule has 0 spiro atoms. The van der Waals surface area contributed by atoms with Crippen LogP contribution in [0, 0.1) is 35.5 Å². The van der Waals surface area contributed by atoms with Gasteiger partial charge < -0.3 is 44.0 Å². The van der Waals surface area contributed by atoms with E-state index in [4.69, 9.17) is 23.8 Å². The molecular weight excluding hydrogens is 725 g/mol. The van der Waals surface area contributed by atoms with Crippen molar-refractivity contribution in [2.24, 2.45) is 40.7 Å². The summed E-state index contributed by atoms with van der Waals surface area (Å²) in [6.45, 7) is 24.6. The number of likely N-dealkylation sites (N-methyl/N-ethyl adjacent to an activating group) is 1. The molecule has 11 nitrogen and oxygen atoms in total. The Morgan fingerprint density at radius 2 is 1.72 bits per heavy atom. The zero-order chi connectivity index (χ0) is 43.2. The molecule has 0 fully saturated rings. The first kappa shape index (κ1) is 52.0. The van der Waals surface area contributed by atoms with E-state index in [0.29, 0.717) is 30.7 Å². The predicted molar refractivity (Wildman–Crippen MR) is 231 cm³/mol. The zero-order valence-electron chi connectivity index (χ0n) is 37.6. The van der Waals surface area contributed by atoms with Gasteiger partial charge in [0.25, 0.3) is 0 Å². The normalized spacial score (nSPS) is 27.8. The maximum Gasteiger partial charge on any atom is 0.373 e. The number of esters is 1. The number of ether oxygens (including phenoxy) is 4. The molecule has 0 bridgehead atoms. The second-order valence-corrected chi connectivity index (χ2v) is 15.6. The van der Waals surface area contributed by atoms with Gasteiger partial charge in [-0.1, -0.05) is 114 Å². The van der Waals surface area contributed by atoms with E-state index < -0.39 is 48.5 Å². The van der Waals surface area contributed by atoms with Gasteiger partial charge >= 0.3 is 5.97 Å². The molecule has 326 valence electrons. The van der Waals surface area contributed by atoms with Crippen LogP contribution < -0.4 is 0 Å². The van der Waals surface area contributed by atoms with Gasteiger partial charge in [0, 0.05) is 50.4 Å². The lowest BCUT2D eigenvalue weighted by molar-refractivity contribution is -0.162. The third-order valence-electron chi connectivity index (χ3n) is 11.3. The molecule has 1 aliphatic heterocycles. The summed E-state index contributed by atoms with van der Waals surface area (Å²) in [5.41, 5.74) is 2.35. The van der Waals surface area contributed by atoms with Crippen molar-refractivity contribution >= 4 is 11.7 Å². The zero-order valence-corrected chi connectivity index (χ0v) is 37.6. The van der Waals surface area contributed by atoms with E-state index in [1.165, 1.54) is 7.11 Å². The van der Waals surface area contributed by atoms with Crippen LogP contribution in [0.4, 0.5) is 0 Å². The lowest BCUT2D eigenvalue weighted by Crippen LogP contribution is -2.46. The first-order valence-electron chi connectivity index (χ1n) is 20.9. The standard InChI is InChI=1S/C46H78N2O9/c1-15-20-39(49)32(7)23-24-38(47-56-26-25-48(17-3)18-4)35(10)44(55-14)36(11)45-40(53-12)22-19-21-30(5)27-33(8)42(50)37(16-2)43(51)34(9)28-31(6)29-41(54-13)46(52)57-45/h15,19-24,28-29,32-37,39-40,42-45,49-51H,16-18,25-27H2,1-14H3. The maximum atomic E-state index is 14.0. The number of hydrogen-bond acceptors (Lipinski definition) is 11.